The fourth-order valence-electron chi connectivity index (χ4n) is 3.23. The molecule has 0 atom stereocenters. The lowest BCUT2D eigenvalue weighted by Crippen LogP contribution is -1.95. The largest absolute Gasteiger partial charge is 0.426 e. The summed E-state index contributed by atoms with van der Waals surface area (Å²) in [5.41, 5.74) is 3.62. The van der Waals surface area contributed by atoms with E-state index in [2.05, 4.69) is 6.07 Å². The maximum Gasteiger partial charge on any atom is 0.391 e. The molecule has 0 aliphatic carbocycles. The first-order valence-electron chi connectivity index (χ1n) is 8.26. The summed E-state index contributed by atoms with van der Waals surface area (Å²) in [5.74, 6) is 0.484. The second-order valence-electron chi connectivity index (χ2n) is 5.93. The zero-order chi connectivity index (χ0) is 17.9. The SMILES string of the molecule is OP(O)Oc1c(-c2ccccc2)cc2ccccc2c1-c1ccccc1. The summed E-state index contributed by atoms with van der Waals surface area (Å²) >= 11 is 0. The van der Waals surface area contributed by atoms with E-state index < -0.39 is 8.60 Å². The first-order chi connectivity index (χ1) is 12.7. The van der Waals surface area contributed by atoms with Crippen LogP contribution in [-0.4, -0.2) is 9.79 Å². The molecule has 0 heterocycles. The van der Waals surface area contributed by atoms with Crippen molar-refractivity contribution in [3.63, 3.8) is 0 Å². The van der Waals surface area contributed by atoms with Gasteiger partial charge in [0.1, 0.15) is 5.75 Å². The number of fused-ring (bicyclic) bond motifs is 1. The number of rotatable bonds is 4. The highest BCUT2D eigenvalue weighted by molar-refractivity contribution is 7.39. The molecule has 0 radical (unpaired) electrons. The monoisotopic (exact) mass is 360 g/mol. The van der Waals surface area contributed by atoms with Crippen molar-refractivity contribution in [2.45, 2.75) is 0 Å². The van der Waals surface area contributed by atoms with Crippen molar-refractivity contribution in [1.82, 2.24) is 0 Å². The van der Waals surface area contributed by atoms with Crippen molar-refractivity contribution in [2.75, 3.05) is 0 Å². The molecule has 0 fully saturated rings. The minimum absolute atomic E-state index is 0.484. The third-order valence-electron chi connectivity index (χ3n) is 4.32. The molecule has 0 spiro atoms. The Balaban J connectivity index is 2.11. The van der Waals surface area contributed by atoms with Gasteiger partial charge in [-0.05, 0) is 28.0 Å². The maximum absolute atomic E-state index is 9.62. The summed E-state index contributed by atoms with van der Waals surface area (Å²) in [5, 5.41) is 2.07. The molecule has 0 saturated heterocycles. The molecule has 0 aliphatic heterocycles. The summed E-state index contributed by atoms with van der Waals surface area (Å²) in [4.78, 5) is 19.2. The first-order valence-corrected chi connectivity index (χ1v) is 9.43. The van der Waals surface area contributed by atoms with Gasteiger partial charge in [0.15, 0.2) is 0 Å². The first kappa shape index (κ1) is 16.7. The predicted octanol–water partition coefficient (Wildman–Crippen LogP) is 5.76. The Morgan fingerprint density at radius 2 is 1.23 bits per heavy atom. The Labute approximate surface area is 153 Å². The van der Waals surface area contributed by atoms with Crippen molar-refractivity contribution >= 4 is 19.4 Å². The Kier molecular flexibility index (Phi) is 4.68. The lowest BCUT2D eigenvalue weighted by molar-refractivity contribution is 0.376. The summed E-state index contributed by atoms with van der Waals surface area (Å²) in [6.07, 6.45) is 0. The number of benzene rings is 4. The molecule has 26 heavy (non-hydrogen) atoms. The third-order valence-corrected chi connectivity index (χ3v) is 4.67. The van der Waals surface area contributed by atoms with Crippen LogP contribution in [0, 0.1) is 0 Å². The van der Waals surface area contributed by atoms with Gasteiger partial charge in [-0.1, -0.05) is 84.9 Å². The van der Waals surface area contributed by atoms with Crippen LogP contribution in [0.25, 0.3) is 33.0 Å². The summed E-state index contributed by atoms with van der Waals surface area (Å²) in [6, 6.07) is 29.8. The predicted molar refractivity (Wildman–Crippen MR) is 107 cm³/mol. The maximum atomic E-state index is 9.62. The van der Waals surface area contributed by atoms with Gasteiger partial charge in [0.2, 0.25) is 0 Å². The van der Waals surface area contributed by atoms with Crippen molar-refractivity contribution in [3.05, 3.63) is 91.0 Å². The molecule has 128 valence electrons. The molecule has 4 heteroatoms. The van der Waals surface area contributed by atoms with Crippen LogP contribution in [0.4, 0.5) is 0 Å². The van der Waals surface area contributed by atoms with E-state index in [-0.39, 0.29) is 0 Å². The van der Waals surface area contributed by atoms with Gasteiger partial charge >= 0.3 is 8.60 Å². The summed E-state index contributed by atoms with van der Waals surface area (Å²) in [6.45, 7) is 0. The fraction of sp³-hybridized carbons (Fsp3) is 0. The van der Waals surface area contributed by atoms with E-state index in [1.807, 2.05) is 84.9 Å². The molecule has 0 saturated carbocycles. The highest BCUT2D eigenvalue weighted by Gasteiger charge is 2.20. The molecule has 3 nitrogen and oxygen atoms in total. The van der Waals surface area contributed by atoms with Gasteiger partial charge in [0.25, 0.3) is 0 Å². The topological polar surface area (TPSA) is 49.7 Å². The highest BCUT2D eigenvalue weighted by Crippen LogP contribution is 2.47. The second kappa shape index (κ2) is 7.27. The molecular formula is C22H17O3P. The van der Waals surface area contributed by atoms with Crippen molar-refractivity contribution in [1.29, 1.82) is 0 Å². The molecule has 2 N–H and O–H groups in total. The minimum atomic E-state index is -2.55. The second-order valence-corrected chi connectivity index (χ2v) is 6.61. The van der Waals surface area contributed by atoms with Crippen molar-refractivity contribution in [3.8, 4) is 28.0 Å². The normalized spacial score (nSPS) is 11.0. The summed E-state index contributed by atoms with van der Waals surface area (Å²) in [7, 11) is -2.55. The fourth-order valence-corrected chi connectivity index (χ4v) is 3.58. The lowest BCUT2D eigenvalue weighted by Gasteiger charge is -2.19. The van der Waals surface area contributed by atoms with E-state index in [0.717, 1.165) is 33.0 Å². The van der Waals surface area contributed by atoms with Crippen molar-refractivity contribution < 1.29 is 14.3 Å². The van der Waals surface area contributed by atoms with Gasteiger partial charge in [-0.2, -0.15) is 0 Å². The molecule has 4 aromatic carbocycles. The number of hydrogen-bond acceptors (Lipinski definition) is 3. The Bertz CT molecular complexity index is 1030. The van der Waals surface area contributed by atoms with Crippen LogP contribution in [0.15, 0.2) is 91.0 Å². The van der Waals surface area contributed by atoms with Crippen LogP contribution in [-0.2, 0) is 0 Å². The van der Waals surface area contributed by atoms with Gasteiger partial charge < -0.3 is 14.3 Å². The van der Waals surface area contributed by atoms with Gasteiger partial charge in [-0.3, -0.25) is 0 Å². The Hall–Kier alpha value is -2.71. The van der Waals surface area contributed by atoms with Gasteiger partial charge in [0, 0.05) is 11.1 Å². The quantitative estimate of drug-likeness (QED) is 0.455. The molecule has 0 unspecified atom stereocenters. The van der Waals surface area contributed by atoms with E-state index in [1.54, 1.807) is 0 Å². The van der Waals surface area contributed by atoms with Gasteiger partial charge in [-0.25, -0.2) is 0 Å². The van der Waals surface area contributed by atoms with Crippen LogP contribution in [0.3, 0.4) is 0 Å². The average Bonchev–Trinajstić information content (AvgIpc) is 2.68. The van der Waals surface area contributed by atoms with Crippen molar-refractivity contribution in [2.24, 2.45) is 0 Å². The smallest absolute Gasteiger partial charge is 0.391 e. The van der Waals surface area contributed by atoms with Crippen LogP contribution in [0.2, 0.25) is 0 Å². The zero-order valence-electron chi connectivity index (χ0n) is 13.9. The Morgan fingerprint density at radius 1 is 0.654 bits per heavy atom. The van der Waals surface area contributed by atoms with E-state index in [1.165, 1.54) is 0 Å². The molecule has 4 aromatic rings. The molecule has 0 amide bonds. The molecule has 0 aromatic heterocycles. The van der Waals surface area contributed by atoms with E-state index in [9.17, 15) is 9.79 Å². The Morgan fingerprint density at radius 3 is 1.88 bits per heavy atom. The van der Waals surface area contributed by atoms with Gasteiger partial charge in [0.05, 0.1) is 0 Å². The van der Waals surface area contributed by atoms with E-state index in [4.69, 9.17) is 4.52 Å². The average molecular weight is 360 g/mol. The van der Waals surface area contributed by atoms with Crippen LogP contribution < -0.4 is 4.52 Å². The highest BCUT2D eigenvalue weighted by atomic mass is 31.2. The third kappa shape index (κ3) is 3.21. The van der Waals surface area contributed by atoms with E-state index >= 15 is 0 Å². The van der Waals surface area contributed by atoms with Crippen LogP contribution >= 0.6 is 8.60 Å². The summed E-state index contributed by atoms with van der Waals surface area (Å²) < 4.78 is 5.57. The number of hydrogen-bond donors (Lipinski definition) is 2. The van der Waals surface area contributed by atoms with E-state index in [0.29, 0.717) is 5.75 Å². The van der Waals surface area contributed by atoms with Crippen LogP contribution in [0.5, 0.6) is 5.75 Å². The molecule has 0 aliphatic rings. The van der Waals surface area contributed by atoms with Gasteiger partial charge in [-0.15, -0.1) is 0 Å². The standard InChI is InChI=1S/C22H17O3P/c23-26(24)25-22-20(16-9-3-1-4-10-16)15-18-13-7-8-14-19(18)21(22)17-11-5-2-6-12-17/h1-15,23-24H. The zero-order valence-corrected chi connectivity index (χ0v) is 14.8. The molecule has 4 rings (SSSR count). The lowest BCUT2D eigenvalue weighted by atomic mass is 9.91. The minimum Gasteiger partial charge on any atom is -0.426 e. The molecular weight excluding hydrogens is 343 g/mol. The van der Waals surface area contributed by atoms with Crippen LogP contribution in [0.1, 0.15) is 0 Å². The molecule has 0 bridgehead atoms.